The highest BCUT2D eigenvalue weighted by atomic mass is 19.1. The van der Waals surface area contributed by atoms with E-state index >= 15 is 0 Å². The lowest BCUT2D eigenvalue weighted by molar-refractivity contribution is -0.122. The van der Waals surface area contributed by atoms with Gasteiger partial charge >= 0.3 is 5.97 Å². The quantitative estimate of drug-likeness (QED) is 0.834. The number of carbonyl (C=O) groups excluding carboxylic acids is 1. The number of aromatic nitrogens is 3. The molecule has 0 spiro atoms. The molecule has 0 aliphatic rings. The first-order chi connectivity index (χ1) is 10.8. The van der Waals surface area contributed by atoms with E-state index in [1.807, 2.05) is 13.8 Å². The Morgan fingerprint density at radius 3 is 2.74 bits per heavy atom. The molecule has 8 heteroatoms. The molecule has 0 radical (unpaired) electrons. The van der Waals surface area contributed by atoms with Gasteiger partial charge in [-0.05, 0) is 17.7 Å². The third-order valence-corrected chi connectivity index (χ3v) is 3.40. The predicted octanol–water partition coefficient (Wildman–Crippen LogP) is 1.21. The molecule has 1 amide bonds. The van der Waals surface area contributed by atoms with E-state index in [1.165, 1.54) is 18.3 Å². The van der Waals surface area contributed by atoms with Gasteiger partial charge in [0.2, 0.25) is 5.91 Å². The Morgan fingerprint density at radius 2 is 2.13 bits per heavy atom. The van der Waals surface area contributed by atoms with Crippen LogP contribution < -0.4 is 5.32 Å². The third-order valence-electron chi connectivity index (χ3n) is 3.40. The summed E-state index contributed by atoms with van der Waals surface area (Å²) in [4.78, 5) is 22.6. The summed E-state index contributed by atoms with van der Waals surface area (Å²) in [6, 6.07) is 6.22. The third kappa shape index (κ3) is 4.35. The minimum absolute atomic E-state index is 0.139. The van der Waals surface area contributed by atoms with Crippen molar-refractivity contribution in [3.63, 3.8) is 0 Å². The van der Waals surface area contributed by atoms with E-state index in [2.05, 4.69) is 15.6 Å². The zero-order valence-corrected chi connectivity index (χ0v) is 12.8. The normalized spacial score (nSPS) is 11.3. The van der Waals surface area contributed by atoms with Crippen molar-refractivity contribution >= 4 is 11.9 Å². The van der Waals surface area contributed by atoms with Crippen molar-refractivity contribution in [2.75, 3.05) is 6.54 Å². The van der Waals surface area contributed by atoms with Gasteiger partial charge in [0.25, 0.3) is 0 Å². The summed E-state index contributed by atoms with van der Waals surface area (Å²) in [5.74, 6) is -1.87. The maximum Gasteiger partial charge on any atom is 0.358 e. The van der Waals surface area contributed by atoms with E-state index in [1.54, 1.807) is 12.1 Å². The van der Waals surface area contributed by atoms with Crippen molar-refractivity contribution in [3.05, 3.63) is 47.5 Å². The highest BCUT2D eigenvalue weighted by Gasteiger charge is 2.22. The average molecular weight is 320 g/mol. The number of hydrogen-bond donors (Lipinski definition) is 2. The molecule has 7 nitrogen and oxygen atoms in total. The number of aromatic carboxylic acids is 1. The lowest BCUT2D eigenvalue weighted by atomic mass is 9.84. The first kappa shape index (κ1) is 16.6. The number of rotatable bonds is 6. The lowest BCUT2D eigenvalue weighted by Crippen LogP contribution is -2.38. The van der Waals surface area contributed by atoms with Gasteiger partial charge in [0.05, 0.1) is 6.20 Å². The predicted molar refractivity (Wildman–Crippen MR) is 79.4 cm³/mol. The van der Waals surface area contributed by atoms with Crippen molar-refractivity contribution in [1.29, 1.82) is 0 Å². The van der Waals surface area contributed by atoms with Gasteiger partial charge in [0.1, 0.15) is 12.4 Å². The zero-order chi connectivity index (χ0) is 17.0. The van der Waals surface area contributed by atoms with E-state index in [4.69, 9.17) is 5.11 Å². The van der Waals surface area contributed by atoms with Gasteiger partial charge in [-0.15, -0.1) is 5.10 Å². The van der Waals surface area contributed by atoms with Gasteiger partial charge in [-0.1, -0.05) is 31.2 Å². The molecule has 2 N–H and O–H groups in total. The molecule has 1 heterocycles. The highest BCUT2D eigenvalue weighted by molar-refractivity contribution is 5.84. The molecule has 1 aromatic carbocycles. The second kappa shape index (κ2) is 6.55. The van der Waals surface area contributed by atoms with Crippen molar-refractivity contribution < 1.29 is 19.1 Å². The summed E-state index contributed by atoms with van der Waals surface area (Å²) in [6.45, 7) is 3.94. The maximum atomic E-state index is 13.3. The molecule has 0 atom stereocenters. The van der Waals surface area contributed by atoms with Crippen LogP contribution in [0.25, 0.3) is 0 Å². The fraction of sp³-hybridized carbons (Fsp3) is 0.333. The molecule has 122 valence electrons. The van der Waals surface area contributed by atoms with Gasteiger partial charge in [-0.25, -0.2) is 13.9 Å². The van der Waals surface area contributed by atoms with Gasteiger partial charge in [-0.2, -0.15) is 0 Å². The Kier molecular flexibility index (Phi) is 4.73. The maximum absolute atomic E-state index is 13.3. The molecule has 0 saturated carbocycles. The van der Waals surface area contributed by atoms with E-state index in [-0.39, 0.29) is 24.0 Å². The van der Waals surface area contributed by atoms with Crippen LogP contribution in [-0.4, -0.2) is 38.5 Å². The number of halogens is 1. The second-order valence-electron chi connectivity index (χ2n) is 5.78. The highest BCUT2D eigenvalue weighted by Crippen LogP contribution is 2.22. The lowest BCUT2D eigenvalue weighted by Gasteiger charge is -2.25. The Hall–Kier alpha value is -2.77. The summed E-state index contributed by atoms with van der Waals surface area (Å²) in [7, 11) is 0. The standard InChI is InChI=1S/C15H17FN4O3/c1-15(2,10-4-3-5-11(16)6-10)9-17-13(21)8-20-7-12(14(22)23)18-19-20/h3-7H,8-9H2,1-2H3,(H,17,21)(H,22,23). The molecule has 0 unspecified atom stereocenters. The Labute approximate surface area is 132 Å². The molecular weight excluding hydrogens is 303 g/mol. The second-order valence-corrected chi connectivity index (χ2v) is 5.78. The van der Waals surface area contributed by atoms with Crippen LogP contribution in [0.1, 0.15) is 29.9 Å². The van der Waals surface area contributed by atoms with Crippen LogP contribution in [0.3, 0.4) is 0 Å². The van der Waals surface area contributed by atoms with Crippen molar-refractivity contribution in [2.24, 2.45) is 0 Å². The molecular formula is C15H17FN4O3. The molecule has 0 saturated heterocycles. The van der Waals surface area contributed by atoms with E-state index < -0.39 is 11.4 Å². The Balaban J connectivity index is 1.93. The van der Waals surface area contributed by atoms with Gasteiger partial charge in [-0.3, -0.25) is 4.79 Å². The zero-order valence-electron chi connectivity index (χ0n) is 12.8. The molecule has 2 aromatic rings. The fourth-order valence-electron chi connectivity index (χ4n) is 2.01. The Bertz CT molecular complexity index is 727. The largest absolute Gasteiger partial charge is 0.476 e. The van der Waals surface area contributed by atoms with Crippen LogP contribution in [0.2, 0.25) is 0 Å². The van der Waals surface area contributed by atoms with Crippen molar-refractivity contribution in [3.8, 4) is 0 Å². The monoisotopic (exact) mass is 320 g/mol. The summed E-state index contributed by atoms with van der Waals surface area (Å²) < 4.78 is 14.4. The number of carbonyl (C=O) groups is 2. The van der Waals surface area contributed by atoms with E-state index in [0.717, 1.165) is 10.2 Å². The van der Waals surface area contributed by atoms with Crippen LogP contribution in [0, 0.1) is 5.82 Å². The summed E-state index contributed by atoms with van der Waals surface area (Å²) in [5, 5.41) is 18.5. The van der Waals surface area contributed by atoms with Gasteiger partial charge in [0.15, 0.2) is 5.69 Å². The average Bonchev–Trinajstić information content (AvgIpc) is 2.94. The van der Waals surface area contributed by atoms with Gasteiger partial charge < -0.3 is 10.4 Å². The summed E-state index contributed by atoms with van der Waals surface area (Å²) >= 11 is 0. The number of benzene rings is 1. The van der Waals surface area contributed by atoms with Crippen LogP contribution in [0.5, 0.6) is 0 Å². The first-order valence-electron chi connectivity index (χ1n) is 6.94. The smallest absolute Gasteiger partial charge is 0.358 e. The number of carboxylic acid groups (broad SMARTS) is 1. The van der Waals surface area contributed by atoms with Gasteiger partial charge in [0, 0.05) is 12.0 Å². The SMILES string of the molecule is CC(C)(CNC(=O)Cn1cc(C(=O)O)nn1)c1cccc(F)c1. The minimum Gasteiger partial charge on any atom is -0.476 e. The van der Waals surface area contributed by atoms with Crippen molar-refractivity contribution in [2.45, 2.75) is 25.8 Å². The molecule has 0 fully saturated rings. The Morgan fingerprint density at radius 1 is 1.39 bits per heavy atom. The molecule has 0 bridgehead atoms. The van der Waals surface area contributed by atoms with Crippen LogP contribution >= 0.6 is 0 Å². The molecule has 1 aromatic heterocycles. The fourth-order valence-corrected chi connectivity index (χ4v) is 2.01. The molecule has 2 rings (SSSR count). The number of nitrogens with zero attached hydrogens (tertiary/aromatic N) is 3. The van der Waals surface area contributed by atoms with E-state index in [0.29, 0.717) is 6.54 Å². The molecule has 0 aliphatic carbocycles. The topological polar surface area (TPSA) is 97.1 Å². The van der Waals surface area contributed by atoms with Crippen LogP contribution in [-0.2, 0) is 16.8 Å². The summed E-state index contributed by atoms with van der Waals surface area (Å²) in [5.41, 5.74) is 0.0939. The van der Waals surface area contributed by atoms with Crippen LogP contribution in [0.4, 0.5) is 4.39 Å². The minimum atomic E-state index is -1.20. The first-order valence-corrected chi connectivity index (χ1v) is 6.94. The summed E-state index contributed by atoms with van der Waals surface area (Å²) in [6.07, 6.45) is 1.18. The van der Waals surface area contributed by atoms with E-state index in [9.17, 15) is 14.0 Å². The number of carboxylic acids is 1. The molecule has 0 aliphatic heterocycles. The van der Waals surface area contributed by atoms with Crippen molar-refractivity contribution in [1.82, 2.24) is 20.3 Å². The number of hydrogen-bond acceptors (Lipinski definition) is 4. The molecule has 23 heavy (non-hydrogen) atoms. The van der Waals surface area contributed by atoms with Crippen LogP contribution in [0.15, 0.2) is 30.5 Å². The number of nitrogens with one attached hydrogen (secondary N) is 1. The number of amides is 1.